The van der Waals surface area contributed by atoms with Crippen molar-refractivity contribution >= 4 is 11.6 Å². The molecule has 0 fully saturated rings. The second-order valence-electron chi connectivity index (χ2n) is 3.90. The molecular formula is C15H12ClNO. The van der Waals surface area contributed by atoms with Crippen LogP contribution < -0.4 is 4.74 Å². The van der Waals surface area contributed by atoms with Crippen LogP contribution in [0.3, 0.4) is 0 Å². The topological polar surface area (TPSA) is 33.0 Å². The van der Waals surface area contributed by atoms with Gasteiger partial charge in [-0.25, -0.2) is 0 Å². The Bertz CT molecular complexity index is 575. The zero-order valence-corrected chi connectivity index (χ0v) is 10.7. The van der Waals surface area contributed by atoms with Crippen molar-refractivity contribution in [1.82, 2.24) is 0 Å². The maximum Gasteiger partial charge on any atom is 0.139 e. The first-order valence-corrected chi connectivity index (χ1v) is 6.00. The van der Waals surface area contributed by atoms with Gasteiger partial charge in [0.25, 0.3) is 0 Å². The van der Waals surface area contributed by atoms with Gasteiger partial charge in [-0.05, 0) is 24.6 Å². The summed E-state index contributed by atoms with van der Waals surface area (Å²) in [6.07, 6.45) is -0.128. The summed E-state index contributed by atoms with van der Waals surface area (Å²) in [6, 6.07) is 17.1. The molecule has 2 aromatic rings. The highest BCUT2D eigenvalue weighted by atomic mass is 35.5. The molecule has 0 spiro atoms. The third-order valence-electron chi connectivity index (χ3n) is 2.66. The summed E-state index contributed by atoms with van der Waals surface area (Å²) in [7, 11) is 0. The number of halogens is 1. The molecule has 1 unspecified atom stereocenters. The van der Waals surface area contributed by atoms with Crippen LogP contribution in [0.5, 0.6) is 5.75 Å². The number of hydrogen-bond acceptors (Lipinski definition) is 2. The highest BCUT2D eigenvalue weighted by Gasteiger charge is 2.12. The third-order valence-corrected chi connectivity index (χ3v) is 2.97. The van der Waals surface area contributed by atoms with Gasteiger partial charge in [0.15, 0.2) is 0 Å². The molecule has 0 aliphatic heterocycles. The lowest BCUT2D eigenvalue weighted by Crippen LogP contribution is -2.04. The Hall–Kier alpha value is -1.98. The average molecular weight is 258 g/mol. The van der Waals surface area contributed by atoms with Crippen molar-refractivity contribution in [3.63, 3.8) is 0 Å². The number of hydrogen-bond donors (Lipinski definition) is 0. The first kappa shape index (κ1) is 12.5. The monoisotopic (exact) mass is 257 g/mol. The van der Waals surface area contributed by atoms with Crippen LogP contribution in [0.25, 0.3) is 0 Å². The van der Waals surface area contributed by atoms with Crippen molar-refractivity contribution in [2.45, 2.75) is 13.0 Å². The van der Waals surface area contributed by atoms with Crippen LogP contribution in [0.4, 0.5) is 0 Å². The number of benzene rings is 2. The zero-order chi connectivity index (χ0) is 13.0. The Morgan fingerprint density at radius 2 is 1.83 bits per heavy atom. The molecule has 2 nitrogen and oxygen atoms in total. The van der Waals surface area contributed by atoms with Gasteiger partial charge in [0, 0.05) is 0 Å². The van der Waals surface area contributed by atoms with Gasteiger partial charge in [-0.2, -0.15) is 5.26 Å². The van der Waals surface area contributed by atoms with Gasteiger partial charge in [-0.3, -0.25) is 0 Å². The molecule has 90 valence electrons. The van der Waals surface area contributed by atoms with E-state index in [-0.39, 0.29) is 6.10 Å². The van der Waals surface area contributed by atoms with Crippen LogP contribution in [0, 0.1) is 11.3 Å². The van der Waals surface area contributed by atoms with Gasteiger partial charge in [-0.15, -0.1) is 0 Å². The standard InChI is InChI=1S/C15H12ClNO/c1-11(12-6-3-2-4-7-12)18-15-9-5-8-14(16)13(15)10-17/h2-9,11H,1H3. The average Bonchev–Trinajstić information content (AvgIpc) is 2.40. The number of nitriles is 1. The largest absolute Gasteiger partial charge is 0.485 e. The van der Waals surface area contributed by atoms with E-state index in [0.29, 0.717) is 16.3 Å². The first-order valence-electron chi connectivity index (χ1n) is 5.62. The second kappa shape index (κ2) is 5.57. The minimum absolute atomic E-state index is 0.128. The fraction of sp³-hybridized carbons (Fsp3) is 0.133. The molecule has 0 saturated carbocycles. The summed E-state index contributed by atoms with van der Waals surface area (Å²) in [5.74, 6) is 0.515. The second-order valence-corrected chi connectivity index (χ2v) is 4.30. The molecule has 0 aliphatic carbocycles. The fourth-order valence-corrected chi connectivity index (χ4v) is 1.90. The summed E-state index contributed by atoms with van der Waals surface area (Å²) >= 11 is 5.96. The highest BCUT2D eigenvalue weighted by molar-refractivity contribution is 6.31. The minimum atomic E-state index is -0.128. The molecule has 2 aromatic carbocycles. The van der Waals surface area contributed by atoms with E-state index in [1.54, 1.807) is 18.2 Å². The molecule has 0 N–H and O–H groups in total. The molecule has 3 heteroatoms. The van der Waals surface area contributed by atoms with Crippen molar-refractivity contribution in [3.05, 3.63) is 64.7 Å². The predicted octanol–water partition coefficient (Wildman–Crippen LogP) is 4.35. The summed E-state index contributed by atoms with van der Waals surface area (Å²) in [6.45, 7) is 1.94. The molecule has 2 rings (SSSR count). The van der Waals surface area contributed by atoms with E-state index in [0.717, 1.165) is 5.56 Å². The Morgan fingerprint density at radius 1 is 1.11 bits per heavy atom. The van der Waals surface area contributed by atoms with E-state index in [2.05, 4.69) is 6.07 Å². The quantitative estimate of drug-likeness (QED) is 0.819. The Labute approximate surface area is 111 Å². The molecule has 0 bridgehead atoms. The Balaban J connectivity index is 2.25. The number of ether oxygens (including phenoxy) is 1. The van der Waals surface area contributed by atoms with Gasteiger partial charge >= 0.3 is 0 Å². The lowest BCUT2D eigenvalue weighted by atomic mass is 10.1. The molecule has 0 aromatic heterocycles. The van der Waals surface area contributed by atoms with Crippen LogP contribution in [-0.2, 0) is 0 Å². The minimum Gasteiger partial charge on any atom is -0.485 e. The van der Waals surface area contributed by atoms with E-state index in [9.17, 15) is 0 Å². The zero-order valence-electron chi connectivity index (χ0n) is 9.93. The van der Waals surface area contributed by atoms with Gasteiger partial charge in [-0.1, -0.05) is 48.0 Å². The van der Waals surface area contributed by atoms with Crippen LogP contribution in [0.15, 0.2) is 48.5 Å². The third kappa shape index (κ3) is 2.64. The van der Waals surface area contributed by atoms with Crippen molar-refractivity contribution < 1.29 is 4.74 Å². The maximum atomic E-state index is 9.07. The van der Waals surface area contributed by atoms with Crippen LogP contribution in [0.1, 0.15) is 24.2 Å². The van der Waals surface area contributed by atoms with Crippen molar-refractivity contribution in [1.29, 1.82) is 5.26 Å². The van der Waals surface area contributed by atoms with Crippen molar-refractivity contribution in [3.8, 4) is 11.8 Å². The van der Waals surface area contributed by atoms with E-state index in [1.807, 2.05) is 37.3 Å². The van der Waals surface area contributed by atoms with E-state index < -0.39 is 0 Å². The Kier molecular flexibility index (Phi) is 3.86. The molecule has 0 radical (unpaired) electrons. The molecule has 0 aliphatic rings. The SMILES string of the molecule is CC(Oc1cccc(Cl)c1C#N)c1ccccc1. The smallest absolute Gasteiger partial charge is 0.139 e. The Morgan fingerprint density at radius 3 is 2.50 bits per heavy atom. The number of rotatable bonds is 3. The van der Waals surface area contributed by atoms with Gasteiger partial charge in [0.05, 0.1) is 5.02 Å². The van der Waals surface area contributed by atoms with Gasteiger partial charge < -0.3 is 4.74 Å². The van der Waals surface area contributed by atoms with Gasteiger partial charge in [0.2, 0.25) is 0 Å². The molecule has 0 amide bonds. The summed E-state index contributed by atoms with van der Waals surface area (Å²) in [4.78, 5) is 0. The predicted molar refractivity (Wildman–Crippen MR) is 71.7 cm³/mol. The summed E-state index contributed by atoms with van der Waals surface area (Å²) in [5.41, 5.74) is 1.43. The summed E-state index contributed by atoms with van der Waals surface area (Å²) in [5, 5.41) is 9.48. The van der Waals surface area contributed by atoms with Gasteiger partial charge in [0.1, 0.15) is 23.5 Å². The fourth-order valence-electron chi connectivity index (χ4n) is 1.69. The van der Waals surface area contributed by atoms with E-state index >= 15 is 0 Å². The van der Waals surface area contributed by atoms with Crippen LogP contribution >= 0.6 is 11.6 Å². The van der Waals surface area contributed by atoms with E-state index in [4.69, 9.17) is 21.6 Å². The lowest BCUT2D eigenvalue weighted by molar-refractivity contribution is 0.226. The molecule has 18 heavy (non-hydrogen) atoms. The molecule has 1 atom stereocenters. The number of nitrogens with zero attached hydrogens (tertiary/aromatic N) is 1. The van der Waals surface area contributed by atoms with E-state index in [1.165, 1.54) is 0 Å². The van der Waals surface area contributed by atoms with Crippen LogP contribution in [-0.4, -0.2) is 0 Å². The van der Waals surface area contributed by atoms with Crippen molar-refractivity contribution in [2.75, 3.05) is 0 Å². The molecule has 0 heterocycles. The lowest BCUT2D eigenvalue weighted by Gasteiger charge is -2.16. The molecular weight excluding hydrogens is 246 g/mol. The molecule has 0 saturated heterocycles. The van der Waals surface area contributed by atoms with Crippen LogP contribution in [0.2, 0.25) is 5.02 Å². The highest BCUT2D eigenvalue weighted by Crippen LogP contribution is 2.29. The summed E-state index contributed by atoms with van der Waals surface area (Å²) < 4.78 is 5.80. The normalized spacial score (nSPS) is 11.6. The maximum absolute atomic E-state index is 9.07. The first-order chi connectivity index (χ1) is 8.72. The van der Waals surface area contributed by atoms with Crippen molar-refractivity contribution in [2.24, 2.45) is 0 Å².